The molecular formula is C26H27N3O. The number of rotatable bonds is 5. The molecule has 2 bridgehead atoms. The van der Waals surface area contributed by atoms with Crippen LogP contribution in [0.4, 0.5) is 0 Å². The Bertz CT molecular complexity index is 1050. The van der Waals surface area contributed by atoms with Crippen molar-refractivity contribution < 1.29 is 4.79 Å². The number of benzene rings is 2. The fourth-order valence-corrected chi connectivity index (χ4v) is 5.16. The minimum atomic E-state index is -0.00197. The monoisotopic (exact) mass is 397 g/mol. The Morgan fingerprint density at radius 2 is 1.90 bits per heavy atom. The van der Waals surface area contributed by atoms with Gasteiger partial charge in [0.1, 0.15) is 0 Å². The molecule has 1 N–H and O–H groups in total. The largest absolute Gasteiger partial charge is 0.348 e. The zero-order valence-electron chi connectivity index (χ0n) is 17.1. The van der Waals surface area contributed by atoms with Crippen molar-refractivity contribution in [1.82, 2.24) is 15.2 Å². The highest BCUT2D eigenvalue weighted by molar-refractivity contribution is 5.96. The first-order chi connectivity index (χ1) is 14.8. The van der Waals surface area contributed by atoms with Gasteiger partial charge in [0.05, 0.1) is 0 Å². The number of aromatic nitrogens is 1. The molecule has 3 aliphatic rings. The highest BCUT2D eigenvalue weighted by atomic mass is 16.1. The van der Waals surface area contributed by atoms with E-state index in [9.17, 15) is 4.79 Å². The predicted molar refractivity (Wildman–Crippen MR) is 121 cm³/mol. The second-order valence-corrected chi connectivity index (χ2v) is 8.44. The van der Waals surface area contributed by atoms with E-state index in [1.807, 2.05) is 42.7 Å². The van der Waals surface area contributed by atoms with Gasteiger partial charge in [0.2, 0.25) is 5.91 Å². The third kappa shape index (κ3) is 3.88. The predicted octanol–water partition coefficient (Wildman–Crippen LogP) is 4.07. The number of carbonyl (C=O) groups is 1. The Kier molecular flexibility index (Phi) is 5.33. The molecule has 3 aliphatic heterocycles. The quantitative estimate of drug-likeness (QED) is 0.660. The van der Waals surface area contributed by atoms with Gasteiger partial charge in [-0.05, 0) is 72.3 Å². The lowest BCUT2D eigenvalue weighted by molar-refractivity contribution is -0.119. The summed E-state index contributed by atoms with van der Waals surface area (Å²) in [7, 11) is 0. The van der Waals surface area contributed by atoms with Crippen LogP contribution in [0.25, 0.3) is 16.8 Å². The van der Waals surface area contributed by atoms with Crippen molar-refractivity contribution in [3.8, 4) is 0 Å². The van der Waals surface area contributed by atoms with Crippen LogP contribution in [0.3, 0.4) is 0 Å². The van der Waals surface area contributed by atoms with E-state index in [0.717, 1.165) is 25.1 Å². The maximum atomic E-state index is 12.9. The van der Waals surface area contributed by atoms with Crippen LogP contribution in [0, 0.1) is 5.92 Å². The molecule has 0 aliphatic carbocycles. The molecule has 1 aromatic heterocycles. The third-order valence-corrected chi connectivity index (χ3v) is 6.68. The summed E-state index contributed by atoms with van der Waals surface area (Å²) in [5.74, 6) is 0.560. The van der Waals surface area contributed by atoms with Gasteiger partial charge in [-0.1, -0.05) is 48.5 Å². The van der Waals surface area contributed by atoms with Crippen LogP contribution >= 0.6 is 0 Å². The van der Waals surface area contributed by atoms with E-state index in [0.29, 0.717) is 12.0 Å². The first kappa shape index (κ1) is 19.0. The molecule has 4 nitrogen and oxygen atoms in total. The Labute approximate surface area is 177 Å². The minimum absolute atomic E-state index is 0.00197. The average molecular weight is 398 g/mol. The zero-order chi connectivity index (χ0) is 20.3. The Morgan fingerprint density at radius 3 is 2.73 bits per heavy atom. The van der Waals surface area contributed by atoms with Gasteiger partial charge in [-0.3, -0.25) is 14.7 Å². The number of pyridine rings is 1. The second kappa shape index (κ2) is 8.41. The van der Waals surface area contributed by atoms with E-state index >= 15 is 0 Å². The lowest BCUT2D eigenvalue weighted by Gasteiger charge is -2.51. The standard InChI is InChI=1S/C26H27N3O/c30-25(11-10-21-8-3-7-20-6-1-2-9-23(20)21)28-26-22-12-15-29(16-13-22)24(26)17-19-5-4-14-27-18-19/h1-11,14,18,22,24,26H,12-13,15-17H2,(H,28,30)/b11-10+. The smallest absolute Gasteiger partial charge is 0.244 e. The SMILES string of the molecule is O=C(/C=C/c1cccc2ccccc12)NC1C2CCN(CC2)C1Cc1cccnc1. The van der Waals surface area contributed by atoms with E-state index in [2.05, 4.69) is 45.5 Å². The summed E-state index contributed by atoms with van der Waals surface area (Å²) in [5, 5.41) is 5.71. The van der Waals surface area contributed by atoms with E-state index < -0.39 is 0 Å². The molecule has 4 heteroatoms. The van der Waals surface area contributed by atoms with Crippen LogP contribution in [0.5, 0.6) is 0 Å². The third-order valence-electron chi connectivity index (χ3n) is 6.68. The van der Waals surface area contributed by atoms with Gasteiger partial charge in [-0.15, -0.1) is 0 Å². The molecule has 30 heavy (non-hydrogen) atoms. The number of hydrogen-bond acceptors (Lipinski definition) is 3. The molecule has 0 saturated carbocycles. The van der Waals surface area contributed by atoms with Crippen molar-refractivity contribution >= 4 is 22.8 Å². The molecule has 1 amide bonds. The van der Waals surface area contributed by atoms with Crippen LogP contribution in [-0.2, 0) is 11.2 Å². The van der Waals surface area contributed by atoms with Gasteiger partial charge >= 0.3 is 0 Å². The summed E-state index contributed by atoms with van der Waals surface area (Å²) >= 11 is 0. The fraction of sp³-hybridized carbons (Fsp3) is 0.308. The van der Waals surface area contributed by atoms with Crippen LogP contribution in [-0.4, -0.2) is 41.0 Å². The molecule has 3 saturated heterocycles. The molecule has 2 aromatic carbocycles. The molecule has 152 valence electrons. The maximum Gasteiger partial charge on any atom is 0.244 e. The van der Waals surface area contributed by atoms with Crippen LogP contribution in [0.1, 0.15) is 24.0 Å². The summed E-state index contributed by atoms with van der Waals surface area (Å²) in [6.07, 6.45) is 10.7. The number of fused-ring (bicyclic) bond motifs is 4. The minimum Gasteiger partial charge on any atom is -0.348 e. The topological polar surface area (TPSA) is 45.2 Å². The van der Waals surface area contributed by atoms with Gasteiger partial charge < -0.3 is 5.32 Å². The number of nitrogens with zero attached hydrogens (tertiary/aromatic N) is 2. The van der Waals surface area contributed by atoms with E-state index in [4.69, 9.17) is 0 Å². The maximum absolute atomic E-state index is 12.9. The first-order valence-electron chi connectivity index (χ1n) is 10.9. The molecule has 0 spiro atoms. The zero-order valence-corrected chi connectivity index (χ0v) is 17.1. The summed E-state index contributed by atoms with van der Waals surface area (Å²) in [4.78, 5) is 19.7. The second-order valence-electron chi connectivity index (χ2n) is 8.44. The molecular weight excluding hydrogens is 370 g/mol. The molecule has 4 heterocycles. The van der Waals surface area contributed by atoms with Crippen molar-refractivity contribution in [3.63, 3.8) is 0 Å². The Balaban J connectivity index is 1.32. The number of piperidine rings is 3. The highest BCUT2D eigenvalue weighted by Crippen LogP contribution is 2.34. The lowest BCUT2D eigenvalue weighted by atomic mass is 9.77. The molecule has 0 radical (unpaired) electrons. The highest BCUT2D eigenvalue weighted by Gasteiger charge is 2.42. The first-order valence-corrected chi connectivity index (χ1v) is 10.9. The van der Waals surface area contributed by atoms with Crippen LogP contribution in [0.15, 0.2) is 73.1 Å². The molecule has 6 rings (SSSR count). The van der Waals surface area contributed by atoms with Gasteiger partial charge in [-0.25, -0.2) is 0 Å². The van der Waals surface area contributed by atoms with Crippen molar-refractivity contribution in [2.24, 2.45) is 5.92 Å². The van der Waals surface area contributed by atoms with Crippen molar-refractivity contribution in [1.29, 1.82) is 0 Å². The van der Waals surface area contributed by atoms with Crippen LogP contribution < -0.4 is 5.32 Å². The van der Waals surface area contributed by atoms with Gasteiger partial charge in [0.25, 0.3) is 0 Å². The van der Waals surface area contributed by atoms with Gasteiger partial charge in [0.15, 0.2) is 0 Å². The molecule has 2 unspecified atom stereocenters. The summed E-state index contributed by atoms with van der Waals surface area (Å²) in [6, 6.07) is 19.1. The normalized spacial score (nSPS) is 25.6. The van der Waals surface area contributed by atoms with E-state index in [1.165, 1.54) is 29.2 Å². The lowest BCUT2D eigenvalue weighted by Crippen LogP contribution is -2.64. The van der Waals surface area contributed by atoms with Crippen molar-refractivity contribution in [2.75, 3.05) is 13.1 Å². The Hall–Kier alpha value is -2.98. The molecule has 3 aromatic rings. The molecule has 3 fully saturated rings. The number of hydrogen-bond donors (Lipinski definition) is 1. The summed E-state index contributed by atoms with van der Waals surface area (Å²) in [5.41, 5.74) is 2.31. The van der Waals surface area contributed by atoms with Crippen LogP contribution in [0.2, 0.25) is 0 Å². The van der Waals surface area contributed by atoms with Crippen molar-refractivity contribution in [2.45, 2.75) is 31.3 Å². The number of nitrogens with one attached hydrogen (secondary N) is 1. The molecule has 2 atom stereocenters. The summed E-state index contributed by atoms with van der Waals surface area (Å²) < 4.78 is 0. The van der Waals surface area contributed by atoms with Gasteiger partial charge in [0, 0.05) is 30.6 Å². The van der Waals surface area contributed by atoms with Gasteiger partial charge in [-0.2, -0.15) is 0 Å². The van der Waals surface area contributed by atoms with E-state index in [-0.39, 0.29) is 11.9 Å². The van der Waals surface area contributed by atoms with E-state index in [1.54, 1.807) is 6.08 Å². The van der Waals surface area contributed by atoms with Crippen molar-refractivity contribution in [3.05, 3.63) is 84.2 Å². The number of carbonyl (C=O) groups excluding carboxylic acids is 1. The average Bonchev–Trinajstić information content (AvgIpc) is 2.80. The number of amides is 1. The Morgan fingerprint density at radius 1 is 1.07 bits per heavy atom. The summed E-state index contributed by atoms with van der Waals surface area (Å²) in [6.45, 7) is 2.27. The fourth-order valence-electron chi connectivity index (χ4n) is 5.16.